The molecule has 1 saturated heterocycles. The standard InChI is InChI=1S/C27H35F3N6O2/c1-25(37,27(28,29)30)17-33-20-5-7-21(8-6-20)35-24-15-19(9-12-32-24)22-3-2-4-23(36-22)34-18-26(16-31)10-13-38-14-11-26/h2-4,9,12,15,20-21,33,37H,5-8,10-11,13-14,17-18H2,1H3,(H,32,35)(H,34,36)/t20-,21-,25-/m0/s1. The molecule has 0 radical (unpaired) electrons. The van der Waals surface area contributed by atoms with E-state index in [1.165, 1.54) is 0 Å². The van der Waals surface area contributed by atoms with E-state index in [0.29, 0.717) is 57.1 Å². The van der Waals surface area contributed by atoms with Crippen LogP contribution in [0.4, 0.5) is 24.8 Å². The predicted molar refractivity (Wildman–Crippen MR) is 138 cm³/mol. The molecule has 1 atom stereocenters. The summed E-state index contributed by atoms with van der Waals surface area (Å²) in [5, 5.41) is 29.0. The lowest BCUT2D eigenvalue weighted by Crippen LogP contribution is -2.52. The van der Waals surface area contributed by atoms with Crippen molar-refractivity contribution in [2.45, 2.75) is 69.3 Å². The Morgan fingerprint density at radius 2 is 1.82 bits per heavy atom. The fourth-order valence-corrected chi connectivity index (χ4v) is 4.81. The van der Waals surface area contributed by atoms with Crippen molar-refractivity contribution in [1.29, 1.82) is 5.26 Å². The van der Waals surface area contributed by atoms with Gasteiger partial charge in [-0.3, -0.25) is 0 Å². The van der Waals surface area contributed by atoms with Crippen LogP contribution in [0.2, 0.25) is 0 Å². The smallest absolute Gasteiger partial charge is 0.381 e. The molecule has 8 nitrogen and oxygen atoms in total. The molecule has 2 fully saturated rings. The number of aromatic nitrogens is 2. The van der Waals surface area contributed by atoms with Gasteiger partial charge in [0.05, 0.1) is 17.2 Å². The average Bonchev–Trinajstić information content (AvgIpc) is 2.92. The van der Waals surface area contributed by atoms with Crippen LogP contribution < -0.4 is 16.0 Å². The summed E-state index contributed by atoms with van der Waals surface area (Å²) in [6.45, 7) is 1.97. The van der Waals surface area contributed by atoms with Gasteiger partial charge >= 0.3 is 6.18 Å². The third kappa shape index (κ3) is 7.12. The van der Waals surface area contributed by atoms with Gasteiger partial charge in [-0.2, -0.15) is 18.4 Å². The summed E-state index contributed by atoms with van der Waals surface area (Å²) in [5.74, 6) is 1.41. The lowest BCUT2D eigenvalue weighted by atomic mass is 9.82. The second-order valence-corrected chi connectivity index (χ2v) is 10.5. The van der Waals surface area contributed by atoms with Crippen molar-refractivity contribution in [1.82, 2.24) is 15.3 Å². The van der Waals surface area contributed by atoms with Crippen LogP contribution in [-0.2, 0) is 4.74 Å². The zero-order chi connectivity index (χ0) is 27.2. The van der Waals surface area contributed by atoms with Crippen LogP contribution in [0, 0.1) is 16.7 Å². The molecule has 4 N–H and O–H groups in total. The molecule has 0 unspecified atom stereocenters. The van der Waals surface area contributed by atoms with Gasteiger partial charge in [0, 0.05) is 50.1 Å². The molecule has 1 aliphatic heterocycles. The van der Waals surface area contributed by atoms with Crippen LogP contribution in [0.15, 0.2) is 36.5 Å². The summed E-state index contributed by atoms with van der Waals surface area (Å²) in [5.41, 5.74) is -1.51. The van der Waals surface area contributed by atoms with Crippen LogP contribution in [-0.4, -0.2) is 65.2 Å². The van der Waals surface area contributed by atoms with Gasteiger partial charge in [0.2, 0.25) is 0 Å². The van der Waals surface area contributed by atoms with Gasteiger partial charge in [-0.1, -0.05) is 6.07 Å². The molecule has 0 spiro atoms. The second kappa shape index (κ2) is 11.8. The molecular formula is C27H35F3N6O2. The molecule has 1 aliphatic carbocycles. The highest BCUT2D eigenvalue weighted by atomic mass is 19.4. The monoisotopic (exact) mass is 532 g/mol. The van der Waals surface area contributed by atoms with E-state index in [1.54, 1.807) is 6.20 Å². The largest absolute Gasteiger partial charge is 0.418 e. The van der Waals surface area contributed by atoms with Crippen LogP contribution in [0.5, 0.6) is 0 Å². The van der Waals surface area contributed by atoms with Crippen molar-refractivity contribution < 1.29 is 23.0 Å². The summed E-state index contributed by atoms with van der Waals surface area (Å²) >= 11 is 0. The van der Waals surface area contributed by atoms with Crippen molar-refractivity contribution in [2.75, 3.05) is 36.9 Å². The molecule has 1 saturated carbocycles. The predicted octanol–water partition coefficient (Wildman–Crippen LogP) is 4.50. The molecular weight excluding hydrogens is 497 g/mol. The minimum absolute atomic E-state index is 0.0677. The lowest BCUT2D eigenvalue weighted by Gasteiger charge is -2.33. The maximum atomic E-state index is 12.9. The highest BCUT2D eigenvalue weighted by Gasteiger charge is 2.49. The zero-order valence-corrected chi connectivity index (χ0v) is 21.5. The Morgan fingerprint density at radius 3 is 2.50 bits per heavy atom. The number of alkyl halides is 3. The van der Waals surface area contributed by atoms with Crippen LogP contribution in [0.25, 0.3) is 11.3 Å². The number of nitrogens with one attached hydrogen (secondary N) is 3. The van der Waals surface area contributed by atoms with Gasteiger partial charge in [0.15, 0.2) is 5.60 Å². The molecule has 0 amide bonds. The Hall–Kier alpha value is -2.94. The first-order valence-electron chi connectivity index (χ1n) is 13.0. The van der Waals surface area contributed by atoms with Gasteiger partial charge in [-0.15, -0.1) is 0 Å². The molecule has 38 heavy (non-hydrogen) atoms. The number of ether oxygens (including phenoxy) is 1. The van der Waals surface area contributed by atoms with Crippen molar-refractivity contribution in [2.24, 2.45) is 5.41 Å². The van der Waals surface area contributed by atoms with Crippen LogP contribution in [0.3, 0.4) is 0 Å². The van der Waals surface area contributed by atoms with E-state index >= 15 is 0 Å². The van der Waals surface area contributed by atoms with Crippen molar-refractivity contribution in [3.63, 3.8) is 0 Å². The number of hydrogen-bond acceptors (Lipinski definition) is 8. The Balaban J connectivity index is 1.31. The van der Waals surface area contributed by atoms with E-state index in [-0.39, 0.29) is 12.1 Å². The molecule has 2 aromatic heterocycles. The highest BCUT2D eigenvalue weighted by Crippen LogP contribution is 2.31. The third-order valence-corrected chi connectivity index (χ3v) is 7.52. The number of aliphatic hydroxyl groups is 1. The van der Waals surface area contributed by atoms with Crippen molar-refractivity contribution >= 4 is 11.6 Å². The summed E-state index contributed by atoms with van der Waals surface area (Å²) in [7, 11) is 0. The number of pyridine rings is 2. The van der Waals surface area contributed by atoms with Crippen LogP contribution >= 0.6 is 0 Å². The second-order valence-electron chi connectivity index (χ2n) is 10.5. The quantitative estimate of drug-likeness (QED) is 0.373. The first kappa shape index (κ1) is 28.1. The number of nitrogens with zero attached hydrogens (tertiary/aromatic N) is 3. The lowest BCUT2D eigenvalue weighted by molar-refractivity contribution is -0.250. The first-order chi connectivity index (χ1) is 18.1. The molecule has 0 aromatic carbocycles. The maximum Gasteiger partial charge on any atom is 0.418 e. The van der Waals surface area contributed by atoms with E-state index < -0.39 is 23.7 Å². The molecule has 206 valence electrons. The molecule has 11 heteroatoms. The van der Waals surface area contributed by atoms with E-state index in [4.69, 9.17) is 9.72 Å². The summed E-state index contributed by atoms with van der Waals surface area (Å²) < 4.78 is 44.1. The number of nitriles is 1. The number of rotatable bonds is 9. The van der Waals surface area contributed by atoms with E-state index in [9.17, 15) is 23.5 Å². The minimum atomic E-state index is -4.66. The van der Waals surface area contributed by atoms with Gasteiger partial charge < -0.3 is 25.8 Å². The topological polar surface area (TPSA) is 115 Å². The van der Waals surface area contributed by atoms with Gasteiger partial charge in [-0.05, 0) is 69.7 Å². The zero-order valence-electron chi connectivity index (χ0n) is 21.5. The number of hydrogen-bond donors (Lipinski definition) is 4. The molecule has 2 aromatic rings. The van der Waals surface area contributed by atoms with E-state index in [1.807, 2.05) is 30.3 Å². The third-order valence-electron chi connectivity index (χ3n) is 7.52. The Kier molecular flexibility index (Phi) is 8.75. The fraction of sp³-hybridized carbons (Fsp3) is 0.593. The highest BCUT2D eigenvalue weighted by molar-refractivity contribution is 5.64. The maximum absolute atomic E-state index is 12.9. The summed E-state index contributed by atoms with van der Waals surface area (Å²) in [4.78, 5) is 9.17. The normalized spacial score (nSPS) is 23.2. The molecule has 0 bridgehead atoms. The average molecular weight is 533 g/mol. The summed E-state index contributed by atoms with van der Waals surface area (Å²) in [6, 6.07) is 12.1. The SMILES string of the molecule is C[C@](O)(CN[C@H]1CC[C@H](Nc2cc(-c3cccc(NCC4(C#N)CCOCC4)n3)ccn2)CC1)C(F)(F)F. The minimum Gasteiger partial charge on any atom is -0.381 e. The van der Waals surface area contributed by atoms with Gasteiger partial charge in [0.25, 0.3) is 0 Å². The van der Waals surface area contributed by atoms with Crippen LogP contribution in [0.1, 0.15) is 45.4 Å². The van der Waals surface area contributed by atoms with E-state index in [2.05, 4.69) is 27.0 Å². The Morgan fingerprint density at radius 1 is 1.11 bits per heavy atom. The first-order valence-corrected chi connectivity index (χ1v) is 13.0. The number of halogens is 3. The Labute approximate surface area is 221 Å². The summed E-state index contributed by atoms with van der Waals surface area (Å²) in [6.07, 6.45) is 1.42. The Bertz CT molecular complexity index is 1110. The fourth-order valence-electron chi connectivity index (χ4n) is 4.81. The van der Waals surface area contributed by atoms with Gasteiger partial charge in [0.1, 0.15) is 11.6 Å². The molecule has 3 heterocycles. The molecule has 4 rings (SSSR count). The van der Waals surface area contributed by atoms with Gasteiger partial charge in [-0.25, -0.2) is 9.97 Å². The molecule has 2 aliphatic rings. The number of anilines is 2. The van der Waals surface area contributed by atoms with Crippen molar-refractivity contribution in [3.8, 4) is 17.3 Å². The van der Waals surface area contributed by atoms with Crippen molar-refractivity contribution in [3.05, 3.63) is 36.5 Å². The van der Waals surface area contributed by atoms with E-state index in [0.717, 1.165) is 31.0 Å².